The average molecular weight is 213 g/mol. The summed E-state index contributed by atoms with van der Waals surface area (Å²) in [4.78, 5) is 4.37. The Morgan fingerprint density at radius 3 is 2.50 bits per heavy atom. The first-order valence-corrected chi connectivity index (χ1v) is 5.29. The normalized spacial score (nSPS) is 10.2. The van der Waals surface area contributed by atoms with E-state index < -0.39 is 0 Å². The van der Waals surface area contributed by atoms with E-state index in [4.69, 9.17) is 4.74 Å². The highest BCUT2D eigenvalue weighted by atomic mass is 16.5. The lowest BCUT2D eigenvalue weighted by Gasteiger charge is -2.10. The van der Waals surface area contributed by atoms with Crippen LogP contribution < -0.4 is 4.74 Å². The number of hydrogen-bond acceptors (Lipinski definition) is 2. The topological polar surface area (TPSA) is 22.1 Å². The SMILES string of the molecule is COc1cc(C)c(-c2ccccn2)cc1C. The standard InChI is InChI=1S/C14H15NO/c1-10-9-14(16-3)11(2)8-12(10)13-6-4-5-7-15-13/h4-9H,1-3H3. The van der Waals surface area contributed by atoms with E-state index in [1.807, 2.05) is 31.3 Å². The van der Waals surface area contributed by atoms with Crippen LogP contribution in [0.15, 0.2) is 36.5 Å². The Morgan fingerprint density at radius 1 is 1.06 bits per heavy atom. The van der Waals surface area contributed by atoms with E-state index in [1.54, 1.807) is 7.11 Å². The summed E-state index contributed by atoms with van der Waals surface area (Å²) >= 11 is 0. The Balaban J connectivity index is 2.55. The number of aryl methyl sites for hydroxylation is 2. The van der Waals surface area contributed by atoms with Gasteiger partial charge in [-0.25, -0.2) is 0 Å². The van der Waals surface area contributed by atoms with Crippen LogP contribution in [0.3, 0.4) is 0 Å². The maximum absolute atomic E-state index is 5.30. The highest BCUT2D eigenvalue weighted by molar-refractivity contribution is 5.66. The van der Waals surface area contributed by atoms with Crippen LogP contribution in [0, 0.1) is 13.8 Å². The lowest BCUT2D eigenvalue weighted by atomic mass is 10.0. The number of methoxy groups -OCH3 is 1. The molecular formula is C14H15NO. The van der Waals surface area contributed by atoms with Gasteiger partial charge < -0.3 is 4.74 Å². The molecule has 0 saturated heterocycles. The highest BCUT2D eigenvalue weighted by Crippen LogP contribution is 2.28. The van der Waals surface area contributed by atoms with Gasteiger partial charge in [0.1, 0.15) is 5.75 Å². The fraction of sp³-hybridized carbons (Fsp3) is 0.214. The molecule has 0 unspecified atom stereocenters. The van der Waals surface area contributed by atoms with Gasteiger partial charge in [0.05, 0.1) is 12.8 Å². The number of rotatable bonds is 2. The van der Waals surface area contributed by atoms with Crippen molar-refractivity contribution < 1.29 is 4.74 Å². The summed E-state index contributed by atoms with van der Waals surface area (Å²) in [5, 5.41) is 0. The zero-order valence-corrected chi connectivity index (χ0v) is 9.82. The summed E-state index contributed by atoms with van der Waals surface area (Å²) in [6.07, 6.45) is 1.81. The van der Waals surface area contributed by atoms with Gasteiger partial charge in [-0.2, -0.15) is 0 Å². The van der Waals surface area contributed by atoms with Gasteiger partial charge in [0, 0.05) is 11.8 Å². The van der Waals surface area contributed by atoms with Crippen molar-refractivity contribution in [2.75, 3.05) is 7.11 Å². The zero-order chi connectivity index (χ0) is 11.5. The van der Waals surface area contributed by atoms with E-state index in [1.165, 1.54) is 11.1 Å². The monoisotopic (exact) mass is 213 g/mol. The van der Waals surface area contributed by atoms with Gasteiger partial charge in [-0.05, 0) is 49.2 Å². The third-order valence-corrected chi connectivity index (χ3v) is 2.68. The number of aromatic nitrogens is 1. The minimum absolute atomic E-state index is 0.928. The van der Waals surface area contributed by atoms with E-state index in [-0.39, 0.29) is 0 Å². The molecule has 1 aromatic carbocycles. The van der Waals surface area contributed by atoms with Crippen LogP contribution in [-0.2, 0) is 0 Å². The summed E-state index contributed by atoms with van der Waals surface area (Å²) in [7, 11) is 1.70. The molecule has 0 aliphatic carbocycles. The number of ether oxygens (including phenoxy) is 1. The van der Waals surface area contributed by atoms with Crippen molar-refractivity contribution >= 4 is 0 Å². The molecule has 2 nitrogen and oxygen atoms in total. The van der Waals surface area contributed by atoms with Crippen LogP contribution in [-0.4, -0.2) is 12.1 Å². The van der Waals surface area contributed by atoms with Crippen LogP contribution >= 0.6 is 0 Å². The second-order valence-electron chi connectivity index (χ2n) is 3.85. The van der Waals surface area contributed by atoms with Crippen molar-refractivity contribution in [1.82, 2.24) is 4.98 Å². The van der Waals surface area contributed by atoms with E-state index in [0.717, 1.165) is 17.0 Å². The molecule has 16 heavy (non-hydrogen) atoms. The third kappa shape index (κ3) is 1.91. The molecule has 2 heteroatoms. The summed E-state index contributed by atoms with van der Waals surface area (Å²) in [6.45, 7) is 4.12. The van der Waals surface area contributed by atoms with Crippen LogP contribution in [0.4, 0.5) is 0 Å². The van der Waals surface area contributed by atoms with Crippen molar-refractivity contribution in [1.29, 1.82) is 0 Å². The number of pyridine rings is 1. The predicted octanol–water partition coefficient (Wildman–Crippen LogP) is 3.37. The molecule has 0 spiro atoms. The van der Waals surface area contributed by atoms with Crippen LogP contribution in [0.5, 0.6) is 5.75 Å². The number of hydrogen-bond donors (Lipinski definition) is 0. The Labute approximate surface area is 95.9 Å². The molecule has 0 fully saturated rings. The van der Waals surface area contributed by atoms with Gasteiger partial charge in [0.25, 0.3) is 0 Å². The maximum Gasteiger partial charge on any atom is 0.122 e. The molecule has 0 radical (unpaired) electrons. The van der Waals surface area contributed by atoms with Gasteiger partial charge in [0.15, 0.2) is 0 Å². The van der Waals surface area contributed by atoms with Crippen molar-refractivity contribution in [3.8, 4) is 17.0 Å². The first-order valence-electron chi connectivity index (χ1n) is 5.29. The lowest BCUT2D eigenvalue weighted by molar-refractivity contribution is 0.411. The average Bonchev–Trinajstić information content (AvgIpc) is 2.32. The molecule has 0 aliphatic heterocycles. The molecule has 0 saturated carbocycles. The second-order valence-corrected chi connectivity index (χ2v) is 3.85. The Morgan fingerprint density at radius 2 is 1.88 bits per heavy atom. The first-order chi connectivity index (χ1) is 7.72. The fourth-order valence-corrected chi connectivity index (χ4v) is 1.81. The van der Waals surface area contributed by atoms with Crippen molar-refractivity contribution in [2.24, 2.45) is 0 Å². The Bertz CT molecular complexity index is 492. The molecule has 1 aromatic heterocycles. The molecule has 0 amide bonds. The highest BCUT2D eigenvalue weighted by Gasteiger charge is 2.07. The fourth-order valence-electron chi connectivity index (χ4n) is 1.81. The maximum atomic E-state index is 5.30. The van der Waals surface area contributed by atoms with Gasteiger partial charge in [-0.15, -0.1) is 0 Å². The molecule has 0 bridgehead atoms. The lowest BCUT2D eigenvalue weighted by Crippen LogP contribution is -1.92. The van der Waals surface area contributed by atoms with Crippen LogP contribution in [0.25, 0.3) is 11.3 Å². The minimum Gasteiger partial charge on any atom is -0.496 e. The largest absolute Gasteiger partial charge is 0.496 e. The van der Waals surface area contributed by atoms with Gasteiger partial charge in [-0.1, -0.05) is 6.07 Å². The quantitative estimate of drug-likeness (QED) is 0.763. The molecule has 2 aromatic rings. The Hall–Kier alpha value is -1.83. The third-order valence-electron chi connectivity index (χ3n) is 2.68. The summed E-state index contributed by atoms with van der Waals surface area (Å²) in [6, 6.07) is 10.1. The van der Waals surface area contributed by atoms with E-state index in [2.05, 4.69) is 24.0 Å². The van der Waals surface area contributed by atoms with Crippen LogP contribution in [0.1, 0.15) is 11.1 Å². The van der Waals surface area contributed by atoms with Crippen molar-refractivity contribution in [2.45, 2.75) is 13.8 Å². The second kappa shape index (κ2) is 4.35. The smallest absolute Gasteiger partial charge is 0.122 e. The molecule has 1 heterocycles. The van der Waals surface area contributed by atoms with Crippen molar-refractivity contribution in [3.05, 3.63) is 47.7 Å². The van der Waals surface area contributed by atoms with Gasteiger partial charge in [0.2, 0.25) is 0 Å². The summed E-state index contributed by atoms with van der Waals surface area (Å²) in [5.74, 6) is 0.928. The summed E-state index contributed by atoms with van der Waals surface area (Å²) < 4.78 is 5.30. The number of benzene rings is 1. The first kappa shape index (κ1) is 10.7. The van der Waals surface area contributed by atoms with Gasteiger partial charge >= 0.3 is 0 Å². The van der Waals surface area contributed by atoms with E-state index in [9.17, 15) is 0 Å². The molecule has 82 valence electrons. The zero-order valence-electron chi connectivity index (χ0n) is 9.82. The Kier molecular flexibility index (Phi) is 2.91. The van der Waals surface area contributed by atoms with Crippen molar-refractivity contribution in [3.63, 3.8) is 0 Å². The number of nitrogens with zero attached hydrogens (tertiary/aromatic N) is 1. The summed E-state index contributed by atoms with van der Waals surface area (Å²) in [5.41, 5.74) is 4.49. The molecule has 0 aliphatic rings. The molecular weight excluding hydrogens is 198 g/mol. The predicted molar refractivity (Wildman–Crippen MR) is 65.7 cm³/mol. The van der Waals surface area contributed by atoms with Crippen LogP contribution in [0.2, 0.25) is 0 Å². The minimum atomic E-state index is 0.928. The molecule has 0 N–H and O–H groups in total. The van der Waals surface area contributed by atoms with E-state index in [0.29, 0.717) is 0 Å². The van der Waals surface area contributed by atoms with Gasteiger partial charge in [-0.3, -0.25) is 4.98 Å². The molecule has 2 rings (SSSR count). The molecule has 0 atom stereocenters. The van der Waals surface area contributed by atoms with E-state index >= 15 is 0 Å².